The predicted octanol–water partition coefficient (Wildman–Crippen LogP) is 0.277. The van der Waals surface area contributed by atoms with Crippen molar-refractivity contribution >= 4 is 5.97 Å². The smallest absolute Gasteiger partial charge is 0.308 e. The lowest BCUT2D eigenvalue weighted by molar-refractivity contribution is -0.153. The van der Waals surface area contributed by atoms with E-state index < -0.39 is 18.9 Å². The van der Waals surface area contributed by atoms with Crippen LogP contribution in [0, 0.1) is 5.92 Å². The van der Waals surface area contributed by atoms with Gasteiger partial charge < -0.3 is 14.9 Å². The van der Waals surface area contributed by atoms with Crippen LogP contribution in [0.3, 0.4) is 0 Å². The topological polar surface area (TPSA) is 66.8 Å². The molecule has 0 aliphatic rings. The largest absolute Gasteiger partial charge is 0.439 e. The van der Waals surface area contributed by atoms with E-state index in [-0.39, 0.29) is 12.3 Å². The fourth-order valence-corrected chi connectivity index (χ4v) is 0.932. The van der Waals surface area contributed by atoms with E-state index in [1.807, 2.05) is 6.92 Å². The molecule has 0 spiro atoms. The van der Waals surface area contributed by atoms with Crippen molar-refractivity contribution in [2.45, 2.75) is 32.8 Å². The monoisotopic (exact) mass is 176 g/mol. The van der Waals surface area contributed by atoms with Gasteiger partial charge in [-0.3, -0.25) is 4.79 Å². The Morgan fingerprint density at radius 2 is 2.17 bits per heavy atom. The average Bonchev–Trinajstić information content (AvgIpc) is 2.03. The Bertz CT molecular complexity index is 135. The highest BCUT2D eigenvalue weighted by molar-refractivity contribution is 5.69. The van der Waals surface area contributed by atoms with Crippen LogP contribution < -0.4 is 0 Å². The summed E-state index contributed by atoms with van der Waals surface area (Å²) in [5, 5.41) is 17.5. The van der Waals surface area contributed by atoms with Gasteiger partial charge in [-0.2, -0.15) is 0 Å². The van der Waals surface area contributed by atoms with Crippen molar-refractivity contribution in [2.75, 3.05) is 6.79 Å². The van der Waals surface area contributed by atoms with Crippen LogP contribution in [0.2, 0.25) is 0 Å². The molecule has 0 aromatic heterocycles. The van der Waals surface area contributed by atoms with Crippen molar-refractivity contribution in [2.24, 2.45) is 5.92 Å². The highest BCUT2D eigenvalue weighted by Crippen LogP contribution is 2.11. The zero-order valence-corrected chi connectivity index (χ0v) is 7.49. The third-order valence-corrected chi connectivity index (χ3v) is 1.79. The van der Waals surface area contributed by atoms with Crippen LogP contribution in [0.1, 0.15) is 26.7 Å². The molecule has 72 valence electrons. The first-order chi connectivity index (χ1) is 5.61. The lowest BCUT2D eigenvalue weighted by Gasteiger charge is -2.15. The molecule has 0 heterocycles. The summed E-state index contributed by atoms with van der Waals surface area (Å²) in [7, 11) is 0. The van der Waals surface area contributed by atoms with Gasteiger partial charge in [-0.05, 0) is 12.3 Å². The molecule has 0 radical (unpaired) electrons. The first-order valence-electron chi connectivity index (χ1n) is 4.06. The summed E-state index contributed by atoms with van der Waals surface area (Å²) in [6.07, 6.45) is 0.291. The summed E-state index contributed by atoms with van der Waals surface area (Å²) in [5.41, 5.74) is 0. The Morgan fingerprint density at radius 1 is 1.58 bits per heavy atom. The Morgan fingerprint density at radius 3 is 2.58 bits per heavy atom. The third kappa shape index (κ3) is 4.31. The van der Waals surface area contributed by atoms with Gasteiger partial charge >= 0.3 is 5.97 Å². The standard InChI is InChI=1S/C8H16O4/c1-3-7(10)6(2)4-8(11)12-5-9/h6-7,9-10H,3-5H2,1-2H3. The summed E-state index contributed by atoms with van der Waals surface area (Å²) in [6, 6.07) is 0. The number of ether oxygens (including phenoxy) is 1. The molecule has 4 heteroatoms. The van der Waals surface area contributed by atoms with E-state index in [2.05, 4.69) is 4.74 Å². The Hall–Kier alpha value is -0.610. The maximum Gasteiger partial charge on any atom is 0.308 e. The van der Waals surface area contributed by atoms with Crippen molar-refractivity contribution in [3.63, 3.8) is 0 Å². The lowest BCUT2D eigenvalue weighted by atomic mass is 9.99. The fourth-order valence-electron chi connectivity index (χ4n) is 0.932. The molecule has 0 aromatic rings. The fraction of sp³-hybridized carbons (Fsp3) is 0.875. The van der Waals surface area contributed by atoms with Gasteiger partial charge in [0, 0.05) is 0 Å². The Balaban J connectivity index is 3.67. The number of rotatable bonds is 5. The molecule has 2 atom stereocenters. The maximum absolute atomic E-state index is 10.8. The molecule has 0 bridgehead atoms. The van der Waals surface area contributed by atoms with E-state index in [1.165, 1.54) is 0 Å². The van der Waals surface area contributed by atoms with E-state index in [1.54, 1.807) is 6.92 Å². The minimum Gasteiger partial charge on any atom is -0.439 e. The van der Waals surface area contributed by atoms with Gasteiger partial charge in [0.1, 0.15) is 0 Å². The normalized spacial score (nSPS) is 15.3. The predicted molar refractivity (Wildman–Crippen MR) is 43.3 cm³/mol. The number of carbonyl (C=O) groups excluding carboxylic acids is 1. The van der Waals surface area contributed by atoms with Crippen LogP contribution >= 0.6 is 0 Å². The molecule has 0 saturated carbocycles. The van der Waals surface area contributed by atoms with E-state index >= 15 is 0 Å². The second-order valence-corrected chi connectivity index (χ2v) is 2.80. The zero-order valence-electron chi connectivity index (χ0n) is 7.49. The van der Waals surface area contributed by atoms with Crippen molar-refractivity contribution in [1.29, 1.82) is 0 Å². The van der Waals surface area contributed by atoms with Crippen LogP contribution in [0.4, 0.5) is 0 Å². The van der Waals surface area contributed by atoms with Crippen molar-refractivity contribution in [3.8, 4) is 0 Å². The quantitative estimate of drug-likeness (QED) is 0.466. The first kappa shape index (κ1) is 11.4. The SMILES string of the molecule is CCC(O)C(C)CC(=O)OCO. The third-order valence-electron chi connectivity index (χ3n) is 1.79. The molecular formula is C8H16O4. The maximum atomic E-state index is 10.8. The number of aliphatic hydroxyl groups excluding tert-OH is 2. The highest BCUT2D eigenvalue weighted by Gasteiger charge is 2.16. The number of hydrogen-bond acceptors (Lipinski definition) is 4. The van der Waals surface area contributed by atoms with E-state index in [9.17, 15) is 9.90 Å². The van der Waals surface area contributed by atoms with Gasteiger partial charge in [-0.25, -0.2) is 0 Å². The average molecular weight is 176 g/mol. The minimum atomic E-state index is -0.590. The molecule has 0 aliphatic heterocycles. The molecule has 12 heavy (non-hydrogen) atoms. The van der Waals surface area contributed by atoms with Crippen LogP contribution in [0.15, 0.2) is 0 Å². The Kier molecular flexibility index (Phi) is 5.66. The second kappa shape index (κ2) is 5.97. The summed E-state index contributed by atoms with van der Waals surface area (Å²) in [6.45, 7) is 3.03. The van der Waals surface area contributed by atoms with Crippen molar-refractivity contribution in [1.82, 2.24) is 0 Å². The Labute approximate surface area is 72.2 Å². The number of esters is 1. The molecule has 0 amide bonds. The summed E-state index contributed by atoms with van der Waals surface area (Å²) in [5.74, 6) is -0.591. The van der Waals surface area contributed by atoms with Crippen LogP contribution in [-0.2, 0) is 9.53 Å². The zero-order chi connectivity index (χ0) is 9.56. The van der Waals surface area contributed by atoms with E-state index in [4.69, 9.17) is 5.11 Å². The highest BCUT2D eigenvalue weighted by atomic mass is 16.6. The van der Waals surface area contributed by atoms with Gasteiger partial charge in [0.25, 0.3) is 0 Å². The van der Waals surface area contributed by atoms with Crippen LogP contribution in [0.5, 0.6) is 0 Å². The molecule has 0 aliphatic carbocycles. The molecule has 0 fully saturated rings. The molecule has 4 nitrogen and oxygen atoms in total. The van der Waals surface area contributed by atoms with Gasteiger partial charge in [-0.15, -0.1) is 0 Å². The first-order valence-corrected chi connectivity index (χ1v) is 4.06. The molecule has 2 N–H and O–H groups in total. The van der Waals surface area contributed by atoms with Crippen LogP contribution in [0.25, 0.3) is 0 Å². The van der Waals surface area contributed by atoms with E-state index in [0.717, 1.165) is 0 Å². The summed E-state index contributed by atoms with van der Waals surface area (Å²) < 4.78 is 4.31. The molecule has 2 unspecified atom stereocenters. The number of aliphatic hydroxyl groups is 2. The van der Waals surface area contributed by atoms with Gasteiger partial charge in [0.2, 0.25) is 0 Å². The minimum absolute atomic E-state index is 0.117. The molecular weight excluding hydrogens is 160 g/mol. The van der Waals surface area contributed by atoms with Gasteiger partial charge in [0.05, 0.1) is 12.5 Å². The van der Waals surface area contributed by atoms with Crippen molar-refractivity contribution in [3.05, 3.63) is 0 Å². The number of hydrogen-bond donors (Lipinski definition) is 2. The van der Waals surface area contributed by atoms with Crippen LogP contribution in [-0.4, -0.2) is 29.1 Å². The molecule has 0 rings (SSSR count). The molecule has 0 saturated heterocycles. The second-order valence-electron chi connectivity index (χ2n) is 2.80. The number of carbonyl (C=O) groups is 1. The van der Waals surface area contributed by atoms with Gasteiger partial charge in [-0.1, -0.05) is 13.8 Å². The van der Waals surface area contributed by atoms with Crippen molar-refractivity contribution < 1.29 is 19.7 Å². The lowest BCUT2D eigenvalue weighted by Crippen LogP contribution is -2.21. The summed E-state index contributed by atoms with van der Waals surface area (Å²) >= 11 is 0. The van der Waals surface area contributed by atoms with Gasteiger partial charge in [0.15, 0.2) is 6.79 Å². The molecule has 0 aromatic carbocycles. The summed E-state index contributed by atoms with van der Waals surface area (Å²) in [4.78, 5) is 10.8. The van der Waals surface area contributed by atoms with E-state index in [0.29, 0.717) is 6.42 Å².